The molecule has 73 heavy (non-hydrogen) atoms. The minimum absolute atomic E-state index is 0.186. The van der Waals surface area contributed by atoms with E-state index in [1.54, 1.807) is 0 Å². The van der Waals surface area contributed by atoms with Gasteiger partial charge in [0.1, 0.15) is 48.5 Å². The number of nitrogens with one attached hydrogen (secondary N) is 8. The minimum atomic E-state index is -1.72. The molecule has 1 saturated heterocycles. The molecule has 1 aliphatic rings. The van der Waals surface area contributed by atoms with Crippen molar-refractivity contribution in [3.05, 3.63) is 0 Å². The molecule has 0 aromatic heterocycles. The first-order chi connectivity index (χ1) is 34.8. The Balaban J connectivity index is 3.02. The molecule has 15 N–H and O–H groups in total. The fraction of sp³-hybridized carbons (Fsp3) is 0.792. The number of aliphatic hydroxyl groups excluding tert-OH is 4. The van der Waals surface area contributed by atoms with Crippen molar-refractivity contribution in [3.63, 3.8) is 0 Å². The van der Waals surface area contributed by atoms with E-state index in [0.717, 1.165) is 96.8 Å². The summed E-state index contributed by atoms with van der Waals surface area (Å²) in [4.78, 5) is 127. The van der Waals surface area contributed by atoms with Crippen molar-refractivity contribution in [2.75, 3.05) is 26.3 Å². The highest BCUT2D eigenvalue weighted by atomic mass is 16.5. The zero-order valence-electron chi connectivity index (χ0n) is 42.9. The first-order valence-electron chi connectivity index (χ1n) is 25.8. The summed E-state index contributed by atoms with van der Waals surface area (Å²) in [6, 6.07) is -6.85. The predicted molar refractivity (Wildman–Crippen MR) is 264 cm³/mol. The molecule has 4 unspecified atom stereocenters. The number of aliphatic carboxylic acids is 1. The van der Waals surface area contributed by atoms with Gasteiger partial charge in [0.25, 0.3) is 0 Å². The van der Waals surface area contributed by atoms with Gasteiger partial charge in [0.2, 0.25) is 53.2 Å². The van der Waals surface area contributed by atoms with Crippen LogP contribution in [-0.2, 0) is 52.7 Å². The van der Waals surface area contributed by atoms with Gasteiger partial charge in [-0.15, -0.1) is 0 Å². The van der Waals surface area contributed by atoms with Gasteiger partial charge in [0.15, 0.2) is 6.23 Å². The third-order valence-electron chi connectivity index (χ3n) is 12.1. The largest absolute Gasteiger partial charge is 0.481 e. The van der Waals surface area contributed by atoms with Gasteiger partial charge >= 0.3 is 5.97 Å². The van der Waals surface area contributed by atoms with E-state index in [1.807, 2.05) is 0 Å². The van der Waals surface area contributed by atoms with Crippen molar-refractivity contribution in [1.82, 2.24) is 42.5 Å². The lowest BCUT2D eigenvalue weighted by Gasteiger charge is -2.42. The smallest absolute Gasteiger partial charge is 0.303 e. The Labute approximate surface area is 427 Å². The molecule has 0 aliphatic carbocycles. The predicted octanol–water partition coefficient (Wildman–Crippen LogP) is -1.60. The number of carboxylic acid groups (broad SMARTS) is 1. The van der Waals surface area contributed by atoms with Crippen molar-refractivity contribution >= 4 is 59.1 Å². The van der Waals surface area contributed by atoms with Crippen LogP contribution in [0.5, 0.6) is 0 Å². The zero-order valence-corrected chi connectivity index (χ0v) is 42.9. The molecule has 1 heterocycles. The summed E-state index contributed by atoms with van der Waals surface area (Å²) in [5.41, 5.74) is 5.24. The second-order valence-electron chi connectivity index (χ2n) is 18.5. The van der Waals surface area contributed by atoms with Crippen molar-refractivity contribution in [2.45, 2.75) is 217 Å². The molecule has 0 saturated carbocycles. The lowest BCUT2D eigenvalue weighted by molar-refractivity contribution is -0.203. The van der Waals surface area contributed by atoms with E-state index in [-0.39, 0.29) is 12.8 Å². The maximum absolute atomic E-state index is 13.8. The van der Waals surface area contributed by atoms with Crippen molar-refractivity contribution in [1.29, 1.82) is 0 Å². The van der Waals surface area contributed by atoms with E-state index >= 15 is 0 Å². The molecule has 418 valence electrons. The van der Waals surface area contributed by atoms with Crippen LogP contribution in [-0.4, -0.2) is 166 Å². The molecule has 1 aliphatic heterocycles. The summed E-state index contributed by atoms with van der Waals surface area (Å²) in [5, 5.41) is 68.8. The van der Waals surface area contributed by atoms with E-state index in [4.69, 9.17) is 10.5 Å². The van der Waals surface area contributed by atoms with Crippen LogP contribution in [0.1, 0.15) is 162 Å². The summed E-state index contributed by atoms with van der Waals surface area (Å²) >= 11 is 0. The van der Waals surface area contributed by atoms with E-state index in [1.165, 1.54) is 0 Å². The number of nitrogens with two attached hydrogens (primary N) is 1. The zero-order chi connectivity index (χ0) is 54.7. The van der Waals surface area contributed by atoms with Crippen molar-refractivity contribution < 1.29 is 78.2 Å². The molecular weight excluding hydrogens is 959 g/mol. The number of carbonyl (C=O) groups excluding carboxylic acids is 9. The van der Waals surface area contributed by atoms with Gasteiger partial charge in [0.05, 0.1) is 26.3 Å². The normalized spacial score (nSPS) is 18.9. The summed E-state index contributed by atoms with van der Waals surface area (Å²) < 4.78 is 5.44. The van der Waals surface area contributed by atoms with Crippen LogP contribution in [0.3, 0.4) is 0 Å². The van der Waals surface area contributed by atoms with Gasteiger partial charge in [-0.3, -0.25) is 47.9 Å². The maximum atomic E-state index is 13.8. The Kier molecular flexibility index (Phi) is 34.2. The highest BCUT2D eigenvalue weighted by Gasteiger charge is 2.45. The quantitative estimate of drug-likeness (QED) is 0.0308. The number of amides is 9. The van der Waals surface area contributed by atoms with Gasteiger partial charge in [-0.05, 0) is 19.3 Å². The van der Waals surface area contributed by atoms with E-state index in [2.05, 4.69) is 56.4 Å². The molecule has 25 heteroatoms. The number of rotatable bonds is 40. The standard InChI is InChI=1S/C48H85N9O16/c1-4-6-8-10-12-14-16-18-20-31(44(69)50-26-36(49)61)55-46(71)32(21-19-17-15-13-11-9-7-5-2)54-39(64)27-51-45(70)34(28-58)56-47(72)33(22-25-40(65)66)53-37(62)23-24-38(63)57-48-41(52-30(3)60)43(68)42(67)35(29-59)73-48/h31-35,41-43,48,58-59,67-68H,4-29H2,1-3H3,(H2,49,61)(H,50,69)(H,51,70)(H,52,60)(H,53,62)(H,54,64)(H,55,71)(H,56,72)(H,57,63)(H,65,66)/t31?,32?,33?,34?,35-,41-,42-,43-,48-/m1/s1. The second-order valence-corrected chi connectivity index (χ2v) is 18.5. The Hall–Kier alpha value is -5.50. The first kappa shape index (κ1) is 65.5. The van der Waals surface area contributed by atoms with Gasteiger partial charge in [-0.25, -0.2) is 0 Å². The van der Waals surface area contributed by atoms with E-state index < -0.39 is 166 Å². The van der Waals surface area contributed by atoms with Crippen molar-refractivity contribution in [2.24, 2.45) is 5.73 Å². The summed E-state index contributed by atoms with van der Waals surface area (Å²) in [7, 11) is 0. The third kappa shape index (κ3) is 28.5. The van der Waals surface area contributed by atoms with Crippen LogP contribution in [0.2, 0.25) is 0 Å². The van der Waals surface area contributed by atoms with Crippen LogP contribution < -0.4 is 48.3 Å². The third-order valence-corrected chi connectivity index (χ3v) is 12.1. The van der Waals surface area contributed by atoms with Crippen LogP contribution in [0.4, 0.5) is 0 Å². The number of aliphatic hydroxyl groups is 4. The molecule has 1 fully saturated rings. The maximum Gasteiger partial charge on any atom is 0.303 e. The number of hydrogen-bond donors (Lipinski definition) is 14. The molecule has 0 aromatic carbocycles. The number of hydrogen-bond acceptors (Lipinski definition) is 15. The number of ether oxygens (including phenoxy) is 1. The Morgan fingerprint density at radius 2 is 0.973 bits per heavy atom. The first-order valence-corrected chi connectivity index (χ1v) is 25.8. The van der Waals surface area contributed by atoms with Crippen LogP contribution >= 0.6 is 0 Å². The van der Waals surface area contributed by atoms with Crippen LogP contribution in [0, 0.1) is 0 Å². The topological polar surface area (TPSA) is 403 Å². The fourth-order valence-electron chi connectivity index (χ4n) is 7.97. The molecular formula is C48H85N9O16. The van der Waals surface area contributed by atoms with Gasteiger partial charge in [-0.1, -0.05) is 117 Å². The number of carbonyl (C=O) groups is 10. The second kappa shape index (κ2) is 38.1. The SMILES string of the molecule is CCCCCCCCCCC(NC(=O)CNC(=O)C(CO)NC(=O)C(CCC(=O)O)NC(=O)CCC(=O)N[C@@H]1O[C@H](CO)[C@@H](O)[C@H](O)[C@H]1NC(C)=O)C(=O)NC(CCCCCCCCCC)C(=O)NCC(N)=O. The van der Waals surface area contributed by atoms with E-state index in [9.17, 15) is 73.5 Å². The Bertz CT molecular complexity index is 1740. The molecule has 1 rings (SSSR count). The number of carboxylic acids is 1. The molecule has 25 nitrogen and oxygen atoms in total. The van der Waals surface area contributed by atoms with Gasteiger partial charge < -0.3 is 78.5 Å². The highest BCUT2D eigenvalue weighted by Crippen LogP contribution is 2.20. The lowest BCUT2D eigenvalue weighted by Crippen LogP contribution is -2.68. The van der Waals surface area contributed by atoms with Gasteiger partial charge in [0, 0.05) is 26.2 Å². The average Bonchev–Trinajstić information content (AvgIpc) is 3.34. The van der Waals surface area contributed by atoms with Crippen LogP contribution in [0.15, 0.2) is 0 Å². The van der Waals surface area contributed by atoms with Crippen molar-refractivity contribution in [3.8, 4) is 0 Å². The molecule has 0 aromatic rings. The fourth-order valence-corrected chi connectivity index (χ4v) is 7.97. The Morgan fingerprint density at radius 3 is 1.47 bits per heavy atom. The average molecular weight is 1040 g/mol. The monoisotopic (exact) mass is 1040 g/mol. The summed E-state index contributed by atoms with van der Waals surface area (Å²) in [5.74, 6) is -8.80. The summed E-state index contributed by atoms with van der Waals surface area (Å²) in [6.45, 7) is 2.45. The van der Waals surface area contributed by atoms with Gasteiger partial charge in [-0.2, -0.15) is 0 Å². The Morgan fingerprint density at radius 1 is 0.521 bits per heavy atom. The van der Waals surface area contributed by atoms with E-state index in [0.29, 0.717) is 12.8 Å². The number of unbranched alkanes of at least 4 members (excludes halogenated alkanes) is 14. The summed E-state index contributed by atoms with van der Waals surface area (Å²) in [6.07, 6.45) is 7.65. The molecule has 9 amide bonds. The minimum Gasteiger partial charge on any atom is -0.481 e. The molecule has 9 atom stereocenters. The molecule has 0 bridgehead atoms. The molecule has 0 radical (unpaired) electrons. The molecule has 0 spiro atoms. The number of primary amides is 1. The highest BCUT2D eigenvalue weighted by molar-refractivity contribution is 5.96. The lowest BCUT2D eigenvalue weighted by atomic mass is 9.96. The van der Waals surface area contributed by atoms with Crippen LogP contribution in [0.25, 0.3) is 0 Å².